The van der Waals surface area contributed by atoms with E-state index in [1.807, 2.05) is 50.4 Å². The molecule has 0 atom stereocenters. The van der Waals surface area contributed by atoms with Crippen LogP contribution >= 0.6 is 11.6 Å². The fourth-order valence-corrected chi connectivity index (χ4v) is 3.52. The Morgan fingerprint density at radius 1 is 1.10 bits per heavy atom. The maximum absolute atomic E-state index is 12.3. The van der Waals surface area contributed by atoms with Crippen LogP contribution in [0.2, 0.25) is 5.02 Å². The van der Waals surface area contributed by atoms with E-state index in [1.165, 1.54) is 0 Å². The molecule has 158 valence electrons. The molecule has 0 aliphatic rings. The van der Waals surface area contributed by atoms with Crippen molar-refractivity contribution in [2.45, 2.75) is 26.8 Å². The van der Waals surface area contributed by atoms with Gasteiger partial charge in [-0.3, -0.25) is 9.59 Å². The summed E-state index contributed by atoms with van der Waals surface area (Å²) in [4.78, 5) is 26.1. The van der Waals surface area contributed by atoms with Crippen molar-refractivity contribution in [3.05, 3.63) is 59.8 Å². The van der Waals surface area contributed by atoms with E-state index in [9.17, 15) is 9.59 Å². The van der Waals surface area contributed by atoms with Gasteiger partial charge in [0.15, 0.2) is 6.61 Å². The number of aryl methyl sites for hydroxylation is 1. The van der Waals surface area contributed by atoms with Gasteiger partial charge in [0.1, 0.15) is 5.75 Å². The number of carbonyl (C=O) groups excluding carboxylic acids is 2. The molecule has 6 nitrogen and oxygen atoms in total. The number of amides is 2. The van der Waals surface area contributed by atoms with Crippen molar-refractivity contribution in [2.24, 2.45) is 0 Å². The van der Waals surface area contributed by atoms with Gasteiger partial charge in [0.2, 0.25) is 5.91 Å². The fourth-order valence-electron chi connectivity index (χ4n) is 3.28. The Labute approximate surface area is 181 Å². The van der Waals surface area contributed by atoms with Crippen LogP contribution in [0.3, 0.4) is 0 Å². The van der Waals surface area contributed by atoms with Gasteiger partial charge < -0.3 is 19.5 Å². The monoisotopic (exact) mass is 427 g/mol. The number of halogens is 1. The number of nitrogens with one attached hydrogen (secondary N) is 1. The molecule has 1 heterocycles. The molecule has 0 fully saturated rings. The molecule has 3 rings (SSSR count). The molecule has 30 heavy (non-hydrogen) atoms. The highest BCUT2D eigenvalue weighted by atomic mass is 35.5. The first-order valence-electron chi connectivity index (χ1n) is 10.1. The van der Waals surface area contributed by atoms with E-state index in [0.29, 0.717) is 42.5 Å². The molecule has 0 saturated carbocycles. The zero-order valence-corrected chi connectivity index (χ0v) is 18.0. The van der Waals surface area contributed by atoms with E-state index < -0.39 is 0 Å². The minimum atomic E-state index is -0.103. The second-order valence-electron chi connectivity index (χ2n) is 6.87. The molecule has 2 amide bonds. The van der Waals surface area contributed by atoms with E-state index in [0.717, 1.165) is 10.9 Å². The zero-order chi connectivity index (χ0) is 21.5. The van der Waals surface area contributed by atoms with Crippen molar-refractivity contribution in [2.75, 3.05) is 25.0 Å². The van der Waals surface area contributed by atoms with Crippen LogP contribution in [-0.4, -0.2) is 41.0 Å². The second-order valence-corrected chi connectivity index (χ2v) is 7.27. The maximum Gasteiger partial charge on any atom is 0.260 e. The Morgan fingerprint density at radius 2 is 1.87 bits per heavy atom. The van der Waals surface area contributed by atoms with Crippen LogP contribution in [0.25, 0.3) is 10.9 Å². The minimum Gasteiger partial charge on any atom is -0.482 e. The molecular formula is C23H26ClN3O3. The summed E-state index contributed by atoms with van der Waals surface area (Å²) in [6.07, 6.45) is 2.33. The summed E-state index contributed by atoms with van der Waals surface area (Å²) in [5, 5.41) is 4.35. The van der Waals surface area contributed by atoms with Crippen molar-refractivity contribution in [1.82, 2.24) is 9.47 Å². The van der Waals surface area contributed by atoms with Gasteiger partial charge in [0.05, 0.1) is 5.02 Å². The number of likely N-dealkylation sites (N-methyl/N-ethyl adjacent to an activating group) is 1. The van der Waals surface area contributed by atoms with Gasteiger partial charge in [-0.1, -0.05) is 29.8 Å². The largest absolute Gasteiger partial charge is 0.482 e. The lowest BCUT2D eigenvalue weighted by atomic mass is 10.2. The molecule has 0 spiro atoms. The van der Waals surface area contributed by atoms with Gasteiger partial charge in [0.25, 0.3) is 5.91 Å². The van der Waals surface area contributed by atoms with Crippen molar-refractivity contribution in [3.63, 3.8) is 0 Å². The first kappa shape index (κ1) is 21.7. The zero-order valence-electron chi connectivity index (χ0n) is 17.2. The van der Waals surface area contributed by atoms with Crippen molar-refractivity contribution in [1.29, 1.82) is 0 Å². The summed E-state index contributed by atoms with van der Waals surface area (Å²) in [5.41, 5.74) is 1.69. The van der Waals surface area contributed by atoms with Crippen molar-refractivity contribution in [3.8, 4) is 5.75 Å². The number of para-hydroxylation sites is 1. The molecule has 0 radical (unpaired) electrons. The molecule has 7 heteroatoms. The summed E-state index contributed by atoms with van der Waals surface area (Å²) >= 11 is 6.26. The maximum atomic E-state index is 12.3. The van der Waals surface area contributed by atoms with E-state index in [1.54, 1.807) is 23.1 Å². The highest BCUT2D eigenvalue weighted by molar-refractivity contribution is 6.32. The Bertz CT molecular complexity index is 1030. The summed E-state index contributed by atoms with van der Waals surface area (Å²) in [6, 6.07) is 15.1. The third kappa shape index (κ3) is 5.33. The topological polar surface area (TPSA) is 63.6 Å². The van der Waals surface area contributed by atoms with Gasteiger partial charge in [-0.05, 0) is 49.6 Å². The number of hydrogen-bond donors (Lipinski definition) is 1. The van der Waals surface area contributed by atoms with Crippen LogP contribution in [0.1, 0.15) is 20.3 Å². The SMILES string of the molecule is CCN(CC)C(=O)COc1ccc(NC(=O)CCn2ccc3ccccc32)cc1Cl. The molecule has 0 aliphatic carbocycles. The number of fused-ring (bicyclic) bond motifs is 1. The lowest BCUT2D eigenvalue weighted by molar-refractivity contribution is -0.133. The number of ether oxygens (including phenoxy) is 1. The quantitative estimate of drug-likeness (QED) is 0.544. The highest BCUT2D eigenvalue weighted by Gasteiger charge is 2.12. The Hall–Kier alpha value is -2.99. The van der Waals surface area contributed by atoms with Crippen LogP contribution in [0.5, 0.6) is 5.75 Å². The molecule has 1 aromatic heterocycles. The molecule has 2 aromatic carbocycles. The van der Waals surface area contributed by atoms with Gasteiger partial charge in [0, 0.05) is 43.5 Å². The first-order chi connectivity index (χ1) is 14.5. The predicted molar refractivity (Wildman–Crippen MR) is 120 cm³/mol. The molecular weight excluding hydrogens is 402 g/mol. The number of nitrogens with zero attached hydrogens (tertiary/aromatic N) is 2. The smallest absolute Gasteiger partial charge is 0.260 e. The fraction of sp³-hybridized carbons (Fsp3) is 0.304. The molecule has 3 aromatic rings. The standard InChI is InChI=1S/C23H26ClN3O3/c1-3-26(4-2)23(29)16-30-21-10-9-18(15-19(21)24)25-22(28)12-14-27-13-11-17-7-5-6-8-20(17)27/h5-11,13,15H,3-4,12,14,16H2,1-2H3,(H,25,28). The summed E-state index contributed by atoms with van der Waals surface area (Å²) in [7, 11) is 0. The average molecular weight is 428 g/mol. The summed E-state index contributed by atoms with van der Waals surface area (Å²) in [5.74, 6) is 0.217. The third-order valence-corrected chi connectivity index (χ3v) is 5.24. The normalized spacial score (nSPS) is 10.8. The van der Waals surface area contributed by atoms with E-state index in [4.69, 9.17) is 16.3 Å². The minimum absolute atomic E-state index is 0.0715. The molecule has 0 saturated heterocycles. The summed E-state index contributed by atoms with van der Waals surface area (Å²) < 4.78 is 7.60. The van der Waals surface area contributed by atoms with Crippen molar-refractivity contribution >= 4 is 40.0 Å². The van der Waals surface area contributed by atoms with Gasteiger partial charge >= 0.3 is 0 Å². The van der Waals surface area contributed by atoms with Gasteiger partial charge in [-0.15, -0.1) is 0 Å². The average Bonchev–Trinajstić information content (AvgIpc) is 3.16. The van der Waals surface area contributed by atoms with Crippen LogP contribution in [0, 0.1) is 0 Å². The van der Waals surface area contributed by atoms with Crippen molar-refractivity contribution < 1.29 is 14.3 Å². The van der Waals surface area contributed by atoms with Crippen LogP contribution in [0.4, 0.5) is 5.69 Å². The molecule has 0 unspecified atom stereocenters. The number of rotatable bonds is 9. The Morgan fingerprint density at radius 3 is 2.60 bits per heavy atom. The second kappa shape index (κ2) is 10.2. The van der Waals surface area contributed by atoms with Crippen LogP contribution in [0.15, 0.2) is 54.7 Å². The lowest BCUT2D eigenvalue weighted by Gasteiger charge is -2.19. The predicted octanol–water partition coefficient (Wildman–Crippen LogP) is 4.57. The number of anilines is 1. The Balaban J connectivity index is 1.53. The van der Waals surface area contributed by atoms with Crippen LogP contribution < -0.4 is 10.1 Å². The number of hydrogen-bond acceptors (Lipinski definition) is 3. The molecule has 1 N–H and O–H groups in total. The van der Waals surface area contributed by atoms with E-state index in [-0.39, 0.29) is 18.4 Å². The van der Waals surface area contributed by atoms with Gasteiger partial charge in [-0.25, -0.2) is 0 Å². The Kier molecular flexibility index (Phi) is 7.36. The van der Waals surface area contributed by atoms with Crippen LogP contribution in [-0.2, 0) is 16.1 Å². The van der Waals surface area contributed by atoms with E-state index in [2.05, 4.69) is 9.88 Å². The molecule has 0 aliphatic heterocycles. The summed E-state index contributed by atoms with van der Waals surface area (Å²) in [6.45, 7) is 5.63. The third-order valence-electron chi connectivity index (χ3n) is 4.94. The lowest BCUT2D eigenvalue weighted by Crippen LogP contribution is -2.34. The number of carbonyl (C=O) groups is 2. The van der Waals surface area contributed by atoms with Gasteiger partial charge in [-0.2, -0.15) is 0 Å². The first-order valence-corrected chi connectivity index (χ1v) is 10.4. The molecule has 0 bridgehead atoms. The highest BCUT2D eigenvalue weighted by Crippen LogP contribution is 2.28. The number of aromatic nitrogens is 1. The number of benzene rings is 2. The van der Waals surface area contributed by atoms with E-state index >= 15 is 0 Å².